The van der Waals surface area contributed by atoms with Crippen LogP contribution >= 0.6 is 0 Å². The van der Waals surface area contributed by atoms with Crippen molar-refractivity contribution in [1.29, 1.82) is 0 Å². The van der Waals surface area contributed by atoms with E-state index in [9.17, 15) is 4.79 Å². The first-order chi connectivity index (χ1) is 9.17. The Morgan fingerprint density at radius 3 is 1.95 bits per heavy atom. The average molecular weight is 385 g/mol. The first-order valence-electron chi connectivity index (χ1n) is 5.88. The van der Waals surface area contributed by atoms with Crippen LogP contribution in [-0.4, -0.2) is 20.0 Å². The minimum Gasteiger partial charge on any atom is -1.00 e. The zero-order valence-corrected chi connectivity index (χ0v) is 13.7. The summed E-state index contributed by atoms with van der Waals surface area (Å²) < 4.78 is 12.4. The van der Waals surface area contributed by atoms with Crippen molar-refractivity contribution >= 4 is 5.78 Å². The number of rotatable bonds is 4. The van der Waals surface area contributed by atoms with Crippen LogP contribution in [0.3, 0.4) is 0 Å². The number of carbonyl (C=O) groups is 1. The van der Waals surface area contributed by atoms with E-state index in [0.29, 0.717) is 22.6 Å². The third kappa shape index (κ3) is 3.27. The van der Waals surface area contributed by atoms with Crippen molar-refractivity contribution in [1.82, 2.24) is 0 Å². The molecule has 0 aliphatic carbocycles. The maximum Gasteiger partial charge on any atom is 0.200 e. The number of halogens is 1. The lowest BCUT2D eigenvalue weighted by Crippen LogP contribution is -3.00. The van der Waals surface area contributed by atoms with Gasteiger partial charge < -0.3 is 33.5 Å². The van der Waals surface area contributed by atoms with E-state index < -0.39 is 0 Å². The molecule has 0 atom stereocenters. The zero-order chi connectivity index (χ0) is 13.8. The van der Waals surface area contributed by atoms with Crippen molar-refractivity contribution in [2.45, 2.75) is 0 Å². The fourth-order valence-electron chi connectivity index (χ4n) is 1.87. The lowest BCUT2D eigenvalue weighted by atomic mass is 10.0. The Balaban J connectivity index is 0.00000200. The molecule has 0 saturated carbocycles. The third-order valence-electron chi connectivity index (χ3n) is 2.90. The van der Waals surface area contributed by atoms with E-state index in [4.69, 9.17) is 9.47 Å². The largest absolute Gasteiger partial charge is 1.00 e. The van der Waals surface area contributed by atoms with Crippen LogP contribution in [0.4, 0.5) is 0 Å². The second-order valence-corrected chi connectivity index (χ2v) is 4.12. The molecule has 0 N–H and O–H groups in total. The van der Waals surface area contributed by atoms with Crippen molar-refractivity contribution in [2.75, 3.05) is 14.2 Å². The Morgan fingerprint density at radius 1 is 1.00 bits per heavy atom. The molecule has 0 radical (unpaired) electrons. The number of nitrogens with zero attached hydrogens (tertiary/aromatic N) is 1. The number of hydrogen-bond donors (Lipinski definition) is 0. The quantitative estimate of drug-likeness (QED) is 0.376. The predicted octanol–water partition coefficient (Wildman–Crippen LogP) is -1.24. The molecule has 106 valence electrons. The third-order valence-corrected chi connectivity index (χ3v) is 2.90. The summed E-state index contributed by atoms with van der Waals surface area (Å²) in [7, 11) is 4.98. The number of ether oxygens (including phenoxy) is 2. The van der Waals surface area contributed by atoms with E-state index in [0.717, 1.165) is 0 Å². The lowest BCUT2D eigenvalue weighted by Gasteiger charge is -2.11. The zero-order valence-electron chi connectivity index (χ0n) is 11.6. The molecule has 0 fully saturated rings. The molecule has 0 bridgehead atoms. The van der Waals surface area contributed by atoms with E-state index in [1.807, 2.05) is 24.0 Å². The molecule has 0 unspecified atom stereocenters. The molecule has 2 aromatic rings. The highest BCUT2D eigenvalue weighted by Crippen LogP contribution is 2.30. The number of aryl methyl sites for hydroxylation is 1. The van der Waals surface area contributed by atoms with Crippen molar-refractivity contribution in [2.24, 2.45) is 7.05 Å². The molecule has 20 heavy (non-hydrogen) atoms. The van der Waals surface area contributed by atoms with Crippen LogP contribution in [0.15, 0.2) is 42.7 Å². The van der Waals surface area contributed by atoms with Gasteiger partial charge in [0.15, 0.2) is 12.4 Å². The van der Waals surface area contributed by atoms with Gasteiger partial charge in [-0.2, -0.15) is 0 Å². The number of ketones is 1. The molecule has 5 heteroatoms. The molecule has 0 aliphatic heterocycles. The number of pyridine rings is 1. The van der Waals surface area contributed by atoms with Crippen LogP contribution in [0.25, 0.3) is 0 Å². The monoisotopic (exact) mass is 385 g/mol. The fourth-order valence-corrected chi connectivity index (χ4v) is 1.87. The van der Waals surface area contributed by atoms with Gasteiger partial charge in [-0.15, -0.1) is 0 Å². The highest BCUT2D eigenvalue weighted by Gasteiger charge is 2.20. The molecule has 1 heterocycles. The summed E-state index contributed by atoms with van der Waals surface area (Å²) in [5, 5.41) is 0. The molecule has 0 spiro atoms. The van der Waals surface area contributed by atoms with Gasteiger partial charge in [-0.05, 0) is 12.1 Å². The van der Waals surface area contributed by atoms with E-state index in [-0.39, 0.29) is 29.8 Å². The van der Waals surface area contributed by atoms with Crippen LogP contribution < -0.4 is 38.0 Å². The normalized spacial score (nSPS) is 9.55. The van der Waals surface area contributed by atoms with Gasteiger partial charge in [0.1, 0.15) is 24.1 Å². The van der Waals surface area contributed by atoms with Gasteiger partial charge in [0.2, 0.25) is 5.78 Å². The standard InChI is InChI=1S/C15H16NO3.HI/c1-16-9-7-11(8-10-16)15(17)14-12(18-2)5-4-6-13(14)19-3;/h4-10H,1-3H3;1H/q+1;/p-1. The maximum absolute atomic E-state index is 12.5. The van der Waals surface area contributed by atoms with Crippen molar-refractivity contribution in [3.8, 4) is 11.5 Å². The van der Waals surface area contributed by atoms with Crippen LogP contribution in [0, 0.1) is 0 Å². The van der Waals surface area contributed by atoms with Gasteiger partial charge >= 0.3 is 0 Å². The molecule has 0 aliphatic rings. The SMILES string of the molecule is COc1cccc(OC)c1C(=O)c1cc[n+](C)cc1.[I-]. The number of aromatic nitrogens is 1. The molecular formula is C15H16INO3. The Bertz CT molecular complexity index is 574. The van der Waals surface area contributed by atoms with Crippen molar-refractivity contribution in [3.05, 3.63) is 53.9 Å². The van der Waals surface area contributed by atoms with Gasteiger partial charge in [-0.25, -0.2) is 4.57 Å². The van der Waals surface area contributed by atoms with Gasteiger partial charge in [0, 0.05) is 17.7 Å². The highest BCUT2D eigenvalue weighted by molar-refractivity contribution is 6.12. The average Bonchev–Trinajstić information content (AvgIpc) is 2.46. The summed E-state index contributed by atoms with van der Waals surface area (Å²) in [6.45, 7) is 0. The van der Waals surface area contributed by atoms with Gasteiger partial charge in [-0.1, -0.05) is 6.07 Å². The Kier molecular flexibility index (Phi) is 5.94. The topological polar surface area (TPSA) is 39.4 Å². The predicted molar refractivity (Wildman–Crippen MR) is 70.6 cm³/mol. The summed E-state index contributed by atoms with van der Waals surface area (Å²) >= 11 is 0. The Morgan fingerprint density at radius 2 is 1.50 bits per heavy atom. The Labute approximate surface area is 135 Å². The van der Waals surface area contributed by atoms with E-state index in [1.165, 1.54) is 14.2 Å². The maximum atomic E-state index is 12.5. The van der Waals surface area contributed by atoms with Crippen LogP contribution in [0.1, 0.15) is 15.9 Å². The summed E-state index contributed by atoms with van der Waals surface area (Å²) in [5.41, 5.74) is 1.04. The second-order valence-electron chi connectivity index (χ2n) is 4.12. The van der Waals surface area contributed by atoms with Gasteiger partial charge in [0.25, 0.3) is 0 Å². The summed E-state index contributed by atoms with van der Waals surface area (Å²) in [5.74, 6) is 0.907. The van der Waals surface area contributed by atoms with E-state index in [1.54, 1.807) is 30.3 Å². The summed E-state index contributed by atoms with van der Waals surface area (Å²) in [4.78, 5) is 12.5. The molecular weight excluding hydrogens is 369 g/mol. The number of carbonyl (C=O) groups excluding carboxylic acids is 1. The smallest absolute Gasteiger partial charge is 0.200 e. The summed E-state index contributed by atoms with van der Waals surface area (Å²) in [6, 6.07) is 8.83. The molecule has 2 rings (SSSR count). The first kappa shape index (κ1) is 16.4. The van der Waals surface area contributed by atoms with Crippen molar-refractivity contribution in [3.63, 3.8) is 0 Å². The molecule has 1 aromatic carbocycles. The fraction of sp³-hybridized carbons (Fsp3) is 0.200. The van der Waals surface area contributed by atoms with Crippen LogP contribution in [-0.2, 0) is 7.05 Å². The summed E-state index contributed by atoms with van der Waals surface area (Å²) in [6.07, 6.45) is 3.66. The Hall–Kier alpha value is -1.63. The number of methoxy groups -OCH3 is 2. The van der Waals surface area contributed by atoms with Crippen molar-refractivity contribution < 1.29 is 42.8 Å². The van der Waals surface area contributed by atoms with E-state index in [2.05, 4.69) is 0 Å². The number of benzene rings is 1. The molecule has 0 saturated heterocycles. The molecule has 4 nitrogen and oxygen atoms in total. The molecule has 1 aromatic heterocycles. The van der Waals surface area contributed by atoms with Crippen LogP contribution in [0.5, 0.6) is 11.5 Å². The minimum absolute atomic E-state index is 0. The first-order valence-corrected chi connectivity index (χ1v) is 5.88. The minimum atomic E-state index is -0.116. The number of hydrogen-bond acceptors (Lipinski definition) is 3. The van der Waals surface area contributed by atoms with Gasteiger partial charge in [0.05, 0.1) is 14.2 Å². The van der Waals surface area contributed by atoms with Crippen LogP contribution in [0.2, 0.25) is 0 Å². The lowest BCUT2D eigenvalue weighted by molar-refractivity contribution is -0.671. The second kappa shape index (κ2) is 7.23. The molecule has 0 amide bonds. The highest BCUT2D eigenvalue weighted by atomic mass is 127. The van der Waals surface area contributed by atoms with E-state index >= 15 is 0 Å². The van der Waals surface area contributed by atoms with Gasteiger partial charge in [-0.3, -0.25) is 4.79 Å².